The van der Waals surface area contributed by atoms with Gasteiger partial charge in [0, 0.05) is 20.6 Å². The molecule has 0 saturated carbocycles. The first-order valence-electron chi connectivity index (χ1n) is 11.0. The molecule has 0 unspecified atom stereocenters. The van der Waals surface area contributed by atoms with Gasteiger partial charge in [0.25, 0.3) is 0 Å². The van der Waals surface area contributed by atoms with Crippen LogP contribution < -0.4 is 5.32 Å². The molecule has 0 aromatic heterocycles. The van der Waals surface area contributed by atoms with Gasteiger partial charge < -0.3 is 10.2 Å². The number of nitrogens with one attached hydrogen (secondary N) is 1. The van der Waals surface area contributed by atoms with E-state index in [4.69, 9.17) is 23.2 Å². The van der Waals surface area contributed by atoms with Crippen molar-refractivity contribution in [2.24, 2.45) is 0 Å². The van der Waals surface area contributed by atoms with Crippen molar-refractivity contribution in [3.05, 3.63) is 76.3 Å². The quantitative estimate of drug-likeness (QED) is 0.442. The highest BCUT2D eigenvalue weighted by molar-refractivity contribution is 7.89. The maximum atomic E-state index is 13.4. The molecule has 0 aliphatic heterocycles. The summed E-state index contributed by atoms with van der Waals surface area (Å²) in [4.78, 5) is 27.4. The molecular weight excluding hydrogens is 509 g/mol. The van der Waals surface area contributed by atoms with Crippen LogP contribution in [0.15, 0.2) is 65.6 Å². The number of carbonyl (C=O) groups is 2. The Morgan fingerprint density at radius 2 is 1.66 bits per heavy atom. The normalized spacial score (nSPS) is 12.5. The summed E-state index contributed by atoms with van der Waals surface area (Å²) in [7, 11) is -1.12. The molecule has 186 valence electrons. The van der Waals surface area contributed by atoms with Gasteiger partial charge in [-0.15, -0.1) is 0 Å². The predicted octanol–water partition coefficient (Wildman–Crippen LogP) is 4.32. The molecule has 2 amide bonds. The SMILES string of the molecule is CC[C@H](C(=O)NC)N(Cc1ccc(Cl)c(Cl)c1)C(=O)CN(C)S(=O)(=O)c1ccc2ccccc2c1. The van der Waals surface area contributed by atoms with Crippen LogP contribution >= 0.6 is 23.2 Å². The Bertz CT molecular complexity index is 1350. The lowest BCUT2D eigenvalue weighted by Gasteiger charge is -2.31. The molecule has 35 heavy (non-hydrogen) atoms. The Hall–Kier alpha value is -2.65. The second-order valence-corrected chi connectivity index (χ2v) is 10.9. The molecule has 3 aromatic carbocycles. The number of benzene rings is 3. The fraction of sp³-hybridized carbons (Fsp3) is 0.280. The first-order chi connectivity index (χ1) is 16.6. The van der Waals surface area contributed by atoms with Gasteiger partial charge in [-0.25, -0.2) is 8.42 Å². The minimum absolute atomic E-state index is 0.0610. The minimum atomic E-state index is -3.96. The van der Waals surface area contributed by atoms with Crippen molar-refractivity contribution < 1.29 is 18.0 Å². The third kappa shape index (κ3) is 6.13. The summed E-state index contributed by atoms with van der Waals surface area (Å²) in [5.41, 5.74) is 0.662. The molecule has 0 fully saturated rings. The Morgan fingerprint density at radius 3 is 2.29 bits per heavy atom. The second kappa shape index (κ2) is 11.4. The largest absolute Gasteiger partial charge is 0.357 e. The van der Waals surface area contributed by atoms with Crippen LogP contribution in [-0.2, 0) is 26.2 Å². The van der Waals surface area contributed by atoms with Gasteiger partial charge in [-0.05, 0) is 47.0 Å². The molecule has 0 aliphatic carbocycles. The number of rotatable bonds is 9. The van der Waals surface area contributed by atoms with Gasteiger partial charge in [-0.3, -0.25) is 9.59 Å². The van der Waals surface area contributed by atoms with Gasteiger partial charge in [0.15, 0.2) is 0 Å². The number of carbonyl (C=O) groups excluding carboxylic acids is 2. The number of sulfonamides is 1. The van der Waals surface area contributed by atoms with E-state index in [1.807, 2.05) is 24.3 Å². The zero-order chi connectivity index (χ0) is 25.8. The minimum Gasteiger partial charge on any atom is -0.357 e. The maximum absolute atomic E-state index is 13.4. The molecule has 0 radical (unpaired) electrons. The summed E-state index contributed by atoms with van der Waals surface area (Å²) >= 11 is 12.1. The fourth-order valence-corrected chi connectivity index (χ4v) is 5.27. The van der Waals surface area contributed by atoms with Crippen LogP contribution in [-0.4, -0.2) is 56.1 Å². The van der Waals surface area contributed by atoms with Crippen LogP contribution in [0.25, 0.3) is 10.8 Å². The van der Waals surface area contributed by atoms with E-state index < -0.39 is 28.5 Å². The summed E-state index contributed by atoms with van der Waals surface area (Å²) in [5.74, 6) is -0.862. The number of amides is 2. The zero-order valence-corrected chi connectivity index (χ0v) is 22.0. The summed E-state index contributed by atoms with van der Waals surface area (Å²) < 4.78 is 27.5. The van der Waals surface area contributed by atoms with Crippen molar-refractivity contribution >= 4 is 55.8 Å². The number of hydrogen-bond acceptors (Lipinski definition) is 4. The summed E-state index contributed by atoms with van der Waals surface area (Å²) in [6, 6.07) is 16.4. The van der Waals surface area contributed by atoms with E-state index in [2.05, 4.69) is 5.32 Å². The van der Waals surface area contributed by atoms with E-state index in [-0.39, 0.29) is 17.3 Å². The van der Waals surface area contributed by atoms with Crippen LogP contribution in [0.3, 0.4) is 0 Å². The van der Waals surface area contributed by atoms with Crippen molar-refractivity contribution in [3.8, 4) is 0 Å². The molecule has 1 atom stereocenters. The zero-order valence-electron chi connectivity index (χ0n) is 19.7. The molecule has 0 saturated heterocycles. The lowest BCUT2D eigenvalue weighted by Crippen LogP contribution is -2.51. The van der Waals surface area contributed by atoms with Crippen molar-refractivity contribution in [2.45, 2.75) is 30.8 Å². The number of halogens is 2. The van der Waals surface area contributed by atoms with Gasteiger partial charge in [0.1, 0.15) is 6.04 Å². The van der Waals surface area contributed by atoms with E-state index in [1.54, 1.807) is 37.3 Å². The van der Waals surface area contributed by atoms with Gasteiger partial charge >= 0.3 is 0 Å². The second-order valence-electron chi connectivity index (χ2n) is 8.08. The lowest BCUT2D eigenvalue weighted by molar-refractivity contribution is -0.141. The molecule has 3 aromatic rings. The van der Waals surface area contributed by atoms with Crippen LogP contribution in [0.5, 0.6) is 0 Å². The topological polar surface area (TPSA) is 86.8 Å². The lowest BCUT2D eigenvalue weighted by atomic mass is 10.1. The molecule has 7 nitrogen and oxygen atoms in total. The van der Waals surface area contributed by atoms with Crippen molar-refractivity contribution in [3.63, 3.8) is 0 Å². The highest BCUT2D eigenvalue weighted by atomic mass is 35.5. The van der Waals surface area contributed by atoms with E-state index in [9.17, 15) is 18.0 Å². The number of nitrogens with zero attached hydrogens (tertiary/aromatic N) is 2. The average molecular weight is 536 g/mol. The van der Waals surface area contributed by atoms with E-state index in [1.165, 1.54) is 25.1 Å². The monoisotopic (exact) mass is 535 g/mol. The number of likely N-dealkylation sites (N-methyl/N-ethyl adjacent to an activating group) is 2. The van der Waals surface area contributed by atoms with Crippen LogP contribution in [0, 0.1) is 0 Å². The van der Waals surface area contributed by atoms with Crippen LogP contribution in [0.2, 0.25) is 10.0 Å². The highest BCUT2D eigenvalue weighted by Crippen LogP contribution is 2.25. The Kier molecular flexibility index (Phi) is 8.77. The molecule has 10 heteroatoms. The summed E-state index contributed by atoms with van der Waals surface area (Å²) in [5, 5.41) is 4.95. The third-order valence-corrected chi connectivity index (χ3v) is 8.29. The fourth-order valence-electron chi connectivity index (χ4n) is 3.79. The molecular formula is C25H27Cl2N3O4S. The molecule has 0 bridgehead atoms. The smallest absolute Gasteiger partial charge is 0.243 e. The van der Waals surface area contributed by atoms with Crippen LogP contribution in [0.4, 0.5) is 0 Å². The summed E-state index contributed by atoms with van der Waals surface area (Å²) in [6.45, 7) is 1.40. The van der Waals surface area contributed by atoms with Gasteiger partial charge in [-0.2, -0.15) is 4.31 Å². The van der Waals surface area contributed by atoms with E-state index >= 15 is 0 Å². The van der Waals surface area contributed by atoms with Gasteiger partial charge in [-0.1, -0.05) is 66.5 Å². The summed E-state index contributed by atoms with van der Waals surface area (Å²) in [6.07, 6.45) is 0.341. The van der Waals surface area contributed by atoms with Crippen molar-refractivity contribution in [1.29, 1.82) is 0 Å². The van der Waals surface area contributed by atoms with Crippen molar-refractivity contribution in [2.75, 3.05) is 20.6 Å². The van der Waals surface area contributed by atoms with Crippen LogP contribution in [0.1, 0.15) is 18.9 Å². The first kappa shape index (κ1) is 26.9. The number of hydrogen-bond donors (Lipinski definition) is 1. The Morgan fingerprint density at radius 1 is 0.971 bits per heavy atom. The highest BCUT2D eigenvalue weighted by Gasteiger charge is 2.31. The first-order valence-corrected chi connectivity index (χ1v) is 13.2. The molecule has 0 heterocycles. The van der Waals surface area contributed by atoms with E-state index in [0.717, 1.165) is 15.1 Å². The van der Waals surface area contributed by atoms with Gasteiger partial charge in [0.05, 0.1) is 21.5 Å². The standard InChI is InChI=1S/C25H27Cl2N3O4S/c1-4-23(25(32)28-2)30(15-17-9-12-21(26)22(27)13-17)24(31)16-29(3)35(33,34)20-11-10-18-7-5-6-8-19(18)14-20/h5-14,23H,4,15-16H2,1-3H3,(H,28,32)/t23-/m1/s1. The van der Waals surface area contributed by atoms with Gasteiger partial charge in [0.2, 0.25) is 21.8 Å². The average Bonchev–Trinajstić information content (AvgIpc) is 2.85. The third-order valence-electron chi connectivity index (χ3n) is 5.76. The predicted molar refractivity (Wildman–Crippen MR) is 139 cm³/mol. The number of fused-ring (bicyclic) bond motifs is 1. The molecule has 0 spiro atoms. The van der Waals surface area contributed by atoms with E-state index in [0.29, 0.717) is 22.0 Å². The molecule has 0 aliphatic rings. The Balaban J connectivity index is 1.89. The molecule has 1 N–H and O–H groups in total. The molecule has 3 rings (SSSR count). The van der Waals surface area contributed by atoms with Crippen molar-refractivity contribution in [1.82, 2.24) is 14.5 Å². The Labute approximate surface area is 215 Å². The maximum Gasteiger partial charge on any atom is 0.243 e.